The van der Waals surface area contributed by atoms with Gasteiger partial charge in [0.05, 0.1) is 0 Å². The van der Waals surface area contributed by atoms with Crippen LogP contribution in [0.1, 0.15) is 44.0 Å². The molecule has 2 heterocycles. The predicted molar refractivity (Wildman–Crippen MR) is 89.2 cm³/mol. The first-order chi connectivity index (χ1) is 10.9. The molecule has 0 spiro atoms. The SMILES string of the molecule is CC(C)(C)N(CC1CCCN1)C(=O)c1ccc2c(c1)OCCO2. The molecule has 1 atom stereocenters. The zero-order chi connectivity index (χ0) is 16.4. The van der Waals surface area contributed by atoms with E-state index >= 15 is 0 Å². The predicted octanol–water partition coefficient (Wildman–Crippen LogP) is 2.45. The number of fused-ring (bicyclic) bond motifs is 1. The third kappa shape index (κ3) is 3.61. The molecule has 1 fully saturated rings. The van der Waals surface area contributed by atoms with Gasteiger partial charge in [0, 0.05) is 23.7 Å². The van der Waals surface area contributed by atoms with E-state index in [0.717, 1.165) is 19.5 Å². The van der Waals surface area contributed by atoms with Crippen LogP contribution in [0.15, 0.2) is 18.2 Å². The van der Waals surface area contributed by atoms with Gasteiger partial charge in [0.15, 0.2) is 11.5 Å². The molecule has 5 nitrogen and oxygen atoms in total. The molecule has 1 amide bonds. The first-order valence-corrected chi connectivity index (χ1v) is 8.40. The van der Waals surface area contributed by atoms with Crippen LogP contribution in [0.25, 0.3) is 0 Å². The number of carbonyl (C=O) groups excluding carboxylic acids is 1. The molecule has 126 valence electrons. The molecule has 0 saturated carbocycles. The number of amides is 1. The van der Waals surface area contributed by atoms with Gasteiger partial charge >= 0.3 is 0 Å². The van der Waals surface area contributed by atoms with Crippen molar-refractivity contribution in [3.63, 3.8) is 0 Å². The molecule has 5 heteroatoms. The summed E-state index contributed by atoms with van der Waals surface area (Å²) in [4.78, 5) is 15.0. The lowest BCUT2D eigenvalue weighted by atomic mass is 10.0. The average Bonchev–Trinajstić information content (AvgIpc) is 3.03. The van der Waals surface area contributed by atoms with Gasteiger partial charge < -0.3 is 19.7 Å². The Kier molecular flexibility index (Phi) is 4.48. The Labute approximate surface area is 137 Å². The van der Waals surface area contributed by atoms with Crippen LogP contribution in [0.5, 0.6) is 11.5 Å². The van der Waals surface area contributed by atoms with E-state index in [4.69, 9.17) is 9.47 Å². The Morgan fingerprint density at radius 3 is 2.65 bits per heavy atom. The monoisotopic (exact) mass is 318 g/mol. The summed E-state index contributed by atoms with van der Waals surface area (Å²) < 4.78 is 11.1. The Morgan fingerprint density at radius 1 is 1.26 bits per heavy atom. The number of hydrogen-bond acceptors (Lipinski definition) is 4. The number of nitrogens with one attached hydrogen (secondary N) is 1. The van der Waals surface area contributed by atoms with Gasteiger partial charge in [0.25, 0.3) is 5.91 Å². The number of hydrogen-bond donors (Lipinski definition) is 1. The molecule has 0 aromatic heterocycles. The third-order valence-corrected chi connectivity index (χ3v) is 4.41. The lowest BCUT2D eigenvalue weighted by Gasteiger charge is -2.37. The Balaban J connectivity index is 1.82. The largest absolute Gasteiger partial charge is 0.486 e. The standard InChI is InChI=1S/C18H26N2O3/c1-18(2,3)20(12-14-5-4-8-19-14)17(21)13-6-7-15-16(11-13)23-10-9-22-15/h6-7,11,14,19H,4-5,8-10,12H2,1-3H3. The van der Waals surface area contributed by atoms with E-state index in [2.05, 4.69) is 26.1 Å². The van der Waals surface area contributed by atoms with Crippen LogP contribution in [-0.2, 0) is 0 Å². The summed E-state index contributed by atoms with van der Waals surface area (Å²) in [5.41, 5.74) is 0.427. The van der Waals surface area contributed by atoms with Crippen molar-refractivity contribution in [1.29, 1.82) is 0 Å². The molecule has 1 aromatic carbocycles. The van der Waals surface area contributed by atoms with Gasteiger partial charge in [-0.3, -0.25) is 4.79 Å². The fraction of sp³-hybridized carbons (Fsp3) is 0.611. The molecule has 1 aromatic rings. The van der Waals surface area contributed by atoms with Crippen LogP contribution in [0.2, 0.25) is 0 Å². The van der Waals surface area contributed by atoms with E-state index in [1.165, 1.54) is 6.42 Å². The first kappa shape index (κ1) is 16.1. The quantitative estimate of drug-likeness (QED) is 0.930. The highest BCUT2D eigenvalue weighted by atomic mass is 16.6. The van der Waals surface area contributed by atoms with Crippen molar-refractivity contribution in [2.75, 3.05) is 26.3 Å². The summed E-state index contributed by atoms with van der Waals surface area (Å²) in [6.45, 7) is 9.10. The molecule has 1 saturated heterocycles. The second-order valence-electron chi connectivity index (χ2n) is 7.24. The van der Waals surface area contributed by atoms with E-state index in [9.17, 15) is 4.79 Å². The first-order valence-electron chi connectivity index (χ1n) is 8.40. The van der Waals surface area contributed by atoms with Crippen molar-refractivity contribution in [3.8, 4) is 11.5 Å². The minimum atomic E-state index is -0.228. The van der Waals surface area contributed by atoms with Crippen molar-refractivity contribution in [3.05, 3.63) is 23.8 Å². The van der Waals surface area contributed by atoms with E-state index < -0.39 is 0 Å². The van der Waals surface area contributed by atoms with Crippen molar-refractivity contribution < 1.29 is 14.3 Å². The zero-order valence-corrected chi connectivity index (χ0v) is 14.2. The van der Waals surface area contributed by atoms with E-state index in [0.29, 0.717) is 36.3 Å². The number of ether oxygens (including phenoxy) is 2. The van der Waals surface area contributed by atoms with Crippen molar-refractivity contribution in [2.45, 2.75) is 45.2 Å². The minimum absolute atomic E-state index is 0.0446. The second-order valence-corrected chi connectivity index (χ2v) is 7.24. The summed E-state index contributed by atoms with van der Waals surface area (Å²) in [5, 5.41) is 3.48. The molecule has 0 aliphatic carbocycles. The summed E-state index contributed by atoms with van der Waals surface area (Å²) in [6.07, 6.45) is 2.31. The molecule has 0 radical (unpaired) electrons. The molecular weight excluding hydrogens is 292 g/mol. The fourth-order valence-corrected chi connectivity index (χ4v) is 3.13. The Bertz CT molecular complexity index is 574. The van der Waals surface area contributed by atoms with Gasteiger partial charge in [-0.25, -0.2) is 0 Å². The van der Waals surface area contributed by atoms with Crippen LogP contribution in [0, 0.1) is 0 Å². The molecule has 23 heavy (non-hydrogen) atoms. The third-order valence-electron chi connectivity index (χ3n) is 4.41. The molecule has 0 bridgehead atoms. The van der Waals surface area contributed by atoms with Gasteiger partial charge in [0.1, 0.15) is 13.2 Å². The van der Waals surface area contributed by atoms with Gasteiger partial charge in [-0.15, -0.1) is 0 Å². The topological polar surface area (TPSA) is 50.8 Å². The van der Waals surface area contributed by atoms with E-state index in [-0.39, 0.29) is 11.4 Å². The molecular formula is C18H26N2O3. The van der Waals surface area contributed by atoms with E-state index in [1.54, 1.807) is 6.07 Å². The van der Waals surface area contributed by atoms with Crippen molar-refractivity contribution in [1.82, 2.24) is 10.2 Å². The van der Waals surface area contributed by atoms with Crippen LogP contribution in [0.3, 0.4) is 0 Å². The Hall–Kier alpha value is -1.75. The highest BCUT2D eigenvalue weighted by Crippen LogP contribution is 2.32. The maximum absolute atomic E-state index is 13.1. The summed E-state index contributed by atoms with van der Waals surface area (Å²) >= 11 is 0. The van der Waals surface area contributed by atoms with Crippen LogP contribution in [-0.4, -0.2) is 48.7 Å². The van der Waals surface area contributed by atoms with Gasteiger partial charge in [-0.2, -0.15) is 0 Å². The zero-order valence-electron chi connectivity index (χ0n) is 14.2. The lowest BCUT2D eigenvalue weighted by molar-refractivity contribution is 0.0557. The van der Waals surface area contributed by atoms with Gasteiger partial charge in [0.2, 0.25) is 0 Å². The molecule has 1 N–H and O–H groups in total. The molecule has 2 aliphatic heterocycles. The summed E-state index contributed by atoms with van der Waals surface area (Å²) in [6, 6.07) is 5.85. The number of benzene rings is 1. The minimum Gasteiger partial charge on any atom is -0.486 e. The molecule has 3 rings (SSSR count). The van der Waals surface area contributed by atoms with Crippen molar-refractivity contribution >= 4 is 5.91 Å². The maximum Gasteiger partial charge on any atom is 0.254 e. The second kappa shape index (κ2) is 6.40. The number of carbonyl (C=O) groups is 1. The van der Waals surface area contributed by atoms with Crippen LogP contribution >= 0.6 is 0 Å². The fourth-order valence-electron chi connectivity index (χ4n) is 3.13. The average molecular weight is 318 g/mol. The molecule has 1 unspecified atom stereocenters. The van der Waals surface area contributed by atoms with Gasteiger partial charge in [-0.05, 0) is 58.4 Å². The van der Waals surface area contributed by atoms with E-state index in [1.807, 2.05) is 17.0 Å². The normalized spacial score (nSPS) is 20.4. The Morgan fingerprint density at radius 2 is 2.00 bits per heavy atom. The smallest absolute Gasteiger partial charge is 0.254 e. The summed E-state index contributed by atoms with van der Waals surface area (Å²) in [5.74, 6) is 1.42. The van der Waals surface area contributed by atoms with Crippen molar-refractivity contribution in [2.24, 2.45) is 0 Å². The lowest BCUT2D eigenvalue weighted by Crippen LogP contribution is -2.50. The highest BCUT2D eigenvalue weighted by Gasteiger charge is 2.31. The van der Waals surface area contributed by atoms with Gasteiger partial charge in [-0.1, -0.05) is 0 Å². The number of rotatable bonds is 3. The van der Waals surface area contributed by atoms with Crippen LogP contribution in [0.4, 0.5) is 0 Å². The summed E-state index contributed by atoms with van der Waals surface area (Å²) in [7, 11) is 0. The van der Waals surface area contributed by atoms with Crippen LogP contribution < -0.4 is 14.8 Å². The molecule has 2 aliphatic rings. The number of nitrogens with zero attached hydrogens (tertiary/aromatic N) is 1. The highest BCUT2D eigenvalue weighted by molar-refractivity contribution is 5.95. The maximum atomic E-state index is 13.1.